The Morgan fingerprint density at radius 1 is 1.14 bits per heavy atom. The summed E-state index contributed by atoms with van der Waals surface area (Å²) < 4.78 is 0. The van der Waals surface area contributed by atoms with Crippen LogP contribution in [0.4, 0.5) is 0 Å². The minimum Gasteiger partial charge on any atom is -0.293 e. The van der Waals surface area contributed by atoms with Gasteiger partial charge in [0.05, 0.1) is 6.54 Å². The van der Waals surface area contributed by atoms with E-state index in [-0.39, 0.29) is 0 Å². The van der Waals surface area contributed by atoms with Crippen LogP contribution in [0, 0.1) is 5.41 Å². The zero-order valence-corrected chi connectivity index (χ0v) is 9.33. The molecule has 0 aliphatic heterocycles. The fourth-order valence-corrected chi connectivity index (χ4v) is 1.09. The van der Waals surface area contributed by atoms with Gasteiger partial charge in [-0.25, -0.2) is 0 Å². The highest BCUT2D eigenvalue weighted by Gasteiger charge is 2.06. The maximum atomic E-state index is 4.40. The lowest BCUT2D eigenvalue weighted by atomic mass is 9.93. The van der Waals surface area contributed by atoms with E-state index in [0.29, 0.717) is 5.41 Å². The van der Waals surface area contributed by atoms with E-state index >= 15 is 0 Å². The van der Waals surface area contributed by atoms with Crippen LogP contribution in [0.1, 0.15) is 32.8 Å². The van der Waals surface area contributed by atoms with Crippen LogP contribution >= 0.6 is 0 Å². The molecular formula is C13H19N. The molecule has 0 bridgehead atoms. The summed E-state index contributed by atoms with van der Waals surface area (Å²) in [6, 6.07) is 10.3. The summed E-state index contributed by atoms with van der Waals surface area (Å²) in [5.74, 6) is 0. The second-order valence-corrected chi connectivity index (χ2v) is 4.77. The van der Waals surface area contributed by atoms with Gasteiger partial charge in [-0.1, -0.05) is 51.1 Å². The summed E-state index contributed by atoms with van der Waals surface area (Å²) in [4.78, 5) is 4.40. The van der Waals surface area contributed by atoms with Gasteiger partial charge in [-0.05, 0) is 23.6 Å². The van der Waals surface area contributed by atoms with Gasteiger partial charge >= 0.3 is 0 Å². The zero-order chi connectivity index (χ0) is 10.4. The molecule has 1 aromatic carbocycles. The van der Waals surface area contributed by atoms with Crippen molar-refractivity contribution in [3.05, 3.63) is 35.9 Å². The standard InChI is InChI=1S/C13H19N/c1-13(2,3)9-10-14-11-12-7-5-4-6-8-12/h4-8,10H,9,11H2,1-3H3. The fourth-order valence-electron chi connectivity index (χ4n) is 1.09. The van der Waals surface area contributed by atoms with Crippen molar-refractivity contribution in [2.45, 2.75) is 33.7 Å². The van der Waals surface area contributed by atoms with Gasteiger partial charge in [0, 0.05) is 0 Å². The highest BCUT2D eigenvalue weighted by Crippen LogP contribution is 2.16. The molecule has 0 amide bonds. The Labute approximate surface area is 86.9 Å². The quantitative estimate of drug-likeness (QED) is 0.643. The Morgan fingerprint density at radius 2 is 1.79 bits per heavy atom. The highest BCUT2D eigenvalue weighted by atomic mass is 14.7. The van der Waals surface area contributed by atoms with Gasteiger partial charge < -0.3 is 0 Å². The third-order valence-corrected chi connectivity index (χ3v) is 1.95. The van der Waals surface area contributed by atoms with Gasteiger partial charge in [0.25, 0.3) is 0 Å². The molecule has 0 saturated carbocycles. The highest BCUT2D eigenvalue weighted by molar-refractivity contribution is 5.58. The first kappa shape index (κ1) is 11.0. The molecule has 1 aromatic rings. The molecule has 0 aliphatic rings. The maximum Gasteiger partial charge on any atom is 0.0635 e. The molecule has 0 aliphatic carbocycles. The molecule has 1 rings (SSSR count). The minimum absolute atomic E-state index is 0.347. The second-order valence-electron chi connectivity index (χ2n) is 4.77. The minimum atomic E-state index is 0.347. The van der Waals surface area contributed by atoms with E-state index in [9.17, 15) is 0 Å². The molecule has 76 valence electrons. The van der Waals surface area contributed by atoms with E-state index in [1.807, 2.05) is 12.3 Å². The van der Waals surface area contributed by atoms with E-state index in [2.05, 4.69) is 50.0 Å². The van der Waals surface area contributed by atoms with Crippen LogP contribution in [0.5, 0.6) is 0 Å². The first-order valence-electron chi connectivity index (χ1n) is 5.10. The largest absolute Gasteiger partial charge is 0.293 e. The molecule has 0 unspecified atom stereocenters. The molecular weight excluding hydrogens is 170 g/mol. The number of aliphatic imine (C=N–C) groups is 1. The second kappa shape index (κ2) is 4.94. The third-order valence-electron chi connectivity index (χ3n) is 1.95. The van der Waals surface area contributed by atoms with Crippen LogP contribution in [0.25, 0.3) is 0 Å². The number of rotatable bonds is 3. The van der Waals surface area contributed by atoms with E-state index in [4.69, 9.17) is 0 Å². The van der Waals surface area contributed by atoms with Crippen LogP contribution in [0.3, 0.4) is 0 Å². The zero-order valence-electron chi connectivity index (χ0n) is 9.33. The summed E-state index contributed by atoms with van der Waals surface area (Å²) in [5.41, 5.74) is 1.62. The Kier molecular flexibility index (Phi) is 3.87. The van der Waals surface area contributed by atoms with Crippen molar-refractivity contribution in [3.63, 3.8) is 0 Å². The third kappa shape index (κ3) is 4.80. The molecule has 1 nitrogen and oxygen atoms in total. The molecule has 0 atom stereocenters. The van der Waals surface area contributed by atoms with Gasteiger partial charge in [-0.15, -0.1) is 0 Å². The predicted molar refractivity (Wildman–Crippen MR) is 62.7 cm³/mol. The van der Waals surface area contributed by atoms with Crippen LogP contribution in [0.2, 0.25) is 0 Å². The van der Waals surface area contributed by atoms with Crippen molar-refractivity contribution < 1.29 is 0 Å². The van der Waals surface area contributed by atoms with Crippen molar-refractivity contribution in [3.8, 4) is 0 Å². The van der Waals surface area contributed by atoms with Gasteiger partial charge in [0.2, 0.25) is 0 Å². The monoisotopic (exact) mass is 189 g/mol. The van der Waals surface area contributed by atoms with Crippen LogP contribution in [0.15, 0.2) is 35.3 Å². The molecule has 0 aromatic heterocycles. The first-order chi connectivity index (χ1) is 6.58. The summed E-state index contributed by atoms with van der Waals surface area (Å²) >= 11 is 0. The summed E-state index contributed by atoms with van der Waals surface area (Å²) in [5, 5.41) is 0. The van der Waals surface area contributed by atoms with E-state index in [1.165, 1.54) is 5.56 Å². The molecule has 0 heterocycles. The van der Waals surface area contributed by atoms with Crippen LogP contribution < -0.4 is 0 Å². The lowest BCUT2D eigenvalue weighted by Gasteiger charge is -2.13. The summed E-state index contributed by atoms with van der Waals surface area (Å²) in [6.45, 7) is 7.47. The predicted octanol–water partition coefficient (Wildman–Crippen LogP) is 3.69. The van der Waals surface area contributed by atoms with Gasteiger partial charge in [-0.2, -0.15) is 0 Å². The van der Waals surface area contributed by atoms with Crippen molar-refractivity contribution in [2.24, 2.45) is 10.4 Å². The van der Waals surface area contributed by atoms with E-state index in [1.54, 1.807) is 0 Å². The lowest BCUT2D eigenvalue weighted by Crippen LogP contribution is -2.04. The smallest absolute Gasteiger partial charge is 0.0635 e. The molecule has 1 heteroatoms. The number of hydrogen-bond donors (Lipinski definition) is 0. The summed E-state index contributed by atoms with van der Waals surface area (Å²) in [6.07, 6.45) is 3.08. The average molecular weight is 189 g/mol. The fraction of sp³-hybridized carbons (Fsp3) is 0.462. The molecule has 0 spiro atoms. The number of nitrogens with zero attached hydrogens (tertiary/aromatic N) is 1. The normalized spacial score (nSPS) is 12.2. The molecule has 0 radical (unpaired) electrons. The number of hydrogen-bond acceptors (Lipinski definition) is 1. The maximum absolute atomic E-state index is 4.40. The first-order valence-corrected chi connectivity index (χ1v) is 5.10. The molecule has 0 fully saturated rings. The Bertz CT molecular complexity index is 280. The van der Waals surface area contributed by atoms with E-state index < -0.39 is 0 Å². The van der Waals surface area contributed by atoms with Crippen molar-refractivity contribution in [1.82, 2.24) is 0 Å². The average Bonchev–Trinajstić information content (AvgIpc) is 2.13. The number of benzene rings is 1. The topological polar surface area (TPSA) is 12.4 Å². The molecule has 14 heavy (non-hydrogen) atoms. The van der Waals surface area contributed by atoms with Crippen molar-refractivity contribution in [2.75, 3.05) is 0 Å². The van der Waals surface area contributed by atoms with Gasteiger partial charge in [0.15, 0.2) is 0 Å². The summed E-state index contributed by atoms with van der Waals surface area (Å²) in [7, 11) is 0. The SMILES string of the molecule is CC(C)(C)CC=NCc1ccccc1. The Balaban J connectivity index is 2.35. The van der Waals surface area contributed by atoms with Crippen LogP contribution in [-0.2, 0) is 6.54 Å². The van der Waals surface area contributed by atoms with E-state index in [0.717, 1.165) is 13.0 Å². The lowest BCUT2D eigenvalue weighted by molar-refractivity contribution is 0.437. The van der Waals surface area contributed by atoms with Crippen molar-refractivity contribution >= 4 is 6.21 Å². The van der Waals surface area contributed by atoms with Crippen LogP contribution in [-0.4, -0.2) is 6.21 Å². The Hall–Kier alpha value is -1.11. The van der Waals surface area contributed by atoms with Crippen molar-refractivity contribution in [1.29, 1.82) is 0 Å². The molecule has 0 N–H and O–H groups in total. The van der Waals surface area contributed by atoms with Gasteiger partial charge in [0.1, 0.15) is 0 Å². The molecule has 0 saturated heterocycles. The van der Waals surface area contributed by atoms with Gasteiger partial charge in [-0.3, -0.25) is 4.99 Å². The Morgan fingerprint density at radius 3 is 2.36 bits per heavy atom.